The lowest BCUT2D eigenvalue weighted by molar-refractivity contribution is -0.149. The molecule has 0 aliphatic carbocycles. The van der Waals surface area contributed by atoms with E-state index in [9.17, 15) is 4.79 Å². The molecule has 5 nitrogen and oxygen atoms in total. The number of carbonyl (C=O) groups is 1. The van der Waals surface area contributed by atoms with Gasteiger partial charge in [0.25, 0.3) is 0 Å². The number of rotatable bonds is 9. The van der Waals surface area contributed by atoms with E-state index >= 15 is 0 Å². The number of benzene rings is 1. The number of hydrogen-bond donors (Lipinski definition) is 1. The number of halogens is 1. The highest BCUT2D eigenvalue weighted by molar-refractivity contribution is 6.30. The highest BCUT2D eigenvalue weighted by Crippen LogP contribution is 2.23. The Bertz CT molecular complexity index is 451. The molecule has 1 aromatic carbocycles. The fourth-order valence-corrected chi connectivity index (χ4v) is 1.85. The van der Waals surface area contributed by atoms with Gasteiger partial charge >= 0.3 is 5.97 Å². The predicted molar refractivity (Wildman–Crippen MR) is 81.8 cm³/mol. The van der Waals surface area contributed by atoms with Gasteiger partial charge < -0.3 is 19.5 Å². The lowest BCUT2D eigenvalue weighted by Crippen LogP contribution is -2.21. The molecule has 0 radical (unpaired) electrons. The van der Waals surface area contributed by atoms with Crippen molar-refractivity contribution in [1.82, 2.24) is 5.32 Å². The number of esters is 1. The van der Waals surface area contributed by atoms with Crippen LogP contribution in [-0.4, -0.2) is 38.9 Å². The Kier molecular flexibility index (Phi) is 8.12. The highest BCUT2D eigenvalue weighted by Gasteiger charge is 2.10. The Morgan fingerprint density at radius 2 is 2.14 bits per heavy atom. The van der Waals surface area contributed by atoms with Gasteiger partial charge in [-0.25, -0.2) is 4.79 Å². The summed E-state index contributed by atoms with van der Waals surface area (Å²) in [4.78, 5) is 11.5. The summed E-state index contributed by atoms with van der Waals surface area (Å²) in [5, 5.41) is 3.83. The molecule has 0 bridgehead atoms. The van der Waals surface area contributed by atoms with Crippen LogP contribution in [-0.2, 0) is 20.8 Å². The first-order valence-corrected chi connectivity index (χ1v) is 7.21. The molecule has 21 heavy (non-hydrogen) atoms. The fourth-order valence-electron chi connectivity index (χ4n) is 1.66. The van der Waals surface area contributed by atoms with Crippen molar-refractivity contribution in [2.24, 2.45) is 0 Å². The molecule has 0 aromatic heterocycles. The van der Waals surface area contributed by atoms with Crippen molar-refractivity contribution in [2.75, 3.05) is 26.9 Å². The van der Waals surface area contributed by atoms with E-state index in [1.165, 1.54) is 0 Å². The van der Waals surface area contributed by atoms with Gasteiger partial charge in [-0.15, -0.1) is 0 Å². The molecular formula is C15H22ClNO4. The third-order valence-electron chi connectivity index (χ3n) is 2.53. The quantitative estimate of drug-likeness (QED) is 0.560. The van der Waals surface area contributed by atoms with Crippen molar-refractivity contribution in [1.29, 1.82) is 0 Å². The molecule has 0 atom stereocenters. The first-order chi connectivity index (χ1) is 10.0. The van der Waals surface area contributed by atoms with Crippen LogP contribution in [0.1, 0.15) is 19.4 Å². The van der Waals surface area contributed by atoms with E-state index in [0.29, 0.717) is 23.9 Å². The first-order valence-electron chi connectivity index (χ1n) is 6.83. The van der Waals surface area contributed by atoms with E-state index in [4.69, 9.17) is 25.8 Å². The maximum absolute atomic E-state index is 11.5. The van der Waals surface area contributed by atoms with Crippen LogP contribution in [0.15, 0.2) is 18.2 Å². The van der Waals surface area contributed by atoms with Gasteiger partial charge in [-0.05, 0) is 32.0 Å². The average Bonchev–Trinajstić information content (AvgIpc) is 2.42. The van der Waals surface area contributed by atoms with Crippen LogP contribution in [0, 0.1) is 0 Å². The Labute approximate surface area is 130 Å². The van der Waals surface area contributed by atoms with Crippen molar-refractivity contribution in [3.05, 3.63) is 28.8 Å². The van der Waals surface area contributed by atoms with Crippen LogP contribution in [0.3, 0.4) is 0 Å². The number of methoxy groups -OCH3 is 1. The average molecular weight is 316 g/mol. The van der Waals surface area contributed by atoms with Gasteiger partial charge in [-0.2, -0.15) is 0 Å². The molecule has 0 amide bonds. The molecule has 0 aliphatic rings. The summed E-state index contributed by atoms with van der Waals surface area (Å²) in [6.07, 6.45) is -0.151. The summed E-state index contributed by atoms with van der Waals surface area (Å²) < 4.78 is 15.5. The molecule has 0 saturated carbocycles. The van der Waals surface area contributed by atoms with E-state index < -0.39 is 5.97 Å². The zero-order chi connectivity index (χ0) is 15.7. The van der Waals surface area contributed by atoms with Crippen molar-refractivity contribution in [3.63, 3.8) is 0 Å². The molecule has 0 spiro atoms. The SMILES string of the molecule is COCCNCc1cc(Cl)ccc1OCC(=O)OC(C)C. The molecule has 1 rings (SSSR count). The second-order valence-corrected chi connectivity index (χ2v) is 5.19. The lowest BCUT2D eigenvalue weighted by atomic mass is 10.2. The van der Waals surface area contributed by atoms with E-state index in [2.05, 4.69) is 5.32 Å². The molecule has 118 valence electrons. The number of hydrogen-bond acceptors (Lipinski definition) is 5. The van der Waals surface area contributed by atoms with Crippen LogP contribution in [0.4, 0.5) is 0 Å². The Morgan fingerprint density at radius 3 is 2.81 bits per heavy atom. The standard InChI is InChI=1S/C15H22ClNO4/c1-11(2)21-15(18)10-20-14-5-4-13(16)8-12(14)9-17-6-7-19-3/h4-5,8,11,17H,6-7,9-10H2,1-3H3. The van der Waals surface area contributed by atoms with Gasteiger partial charge in [-0.1, -0.05) is 11.6 Å². The summed E-state index contributed by atoms with van der Waals surface area (Å²) in [6, 6.07) is 5.28. The lowest BCUT2D eigenvalue weighted by Gasteiger charge is -2.13. The second kappa shape index (κ2) is 9.60. The smallest absolute Gasteiger partial charge is 0.344 e. The topological polar surface area (TPSA) is 56.8 Å². The Balaban J connectivity index is 2.57. The summed E-state index contributed by atoms with van der Waals surface area (Å²) in [5.74, 6) is 0.225. The maximum Gasteiger partial charge on any atom is 0.344 e. The molecule has 1 N–H and O–H groups in total. The minimum atomic E-state index is -0.391. The minimum absolute atomic E-state index is 0.120. The predicted octanol–water partition coefficient (Wildman–Crippen LogP) is 2.41. The molecule has 0 aliphatic heterocycles. The van der Waals surface area contributed by atoms with Crippen molar-refractivity contribution in [3.8, 4) is 5.75 Å². The van der Waals surface area contributed by atoms with Crippen LogP contribution in [0.25, 0.3) is 0 Å². The normalized spacial score (nSPS) is 10.7. The van der Waals surface area contributed by atoms with E-state index in [1.54, 1.807) is 33.1 Å². The van der Waals surface area contributed by atoms with Crippen LogP contribution < -0.4 is 10.1 Å². The van der Waals surface area contributed by atoms with Gasteiger partial charge in [0.15, 0.2) is 6.61 Å². The van der Waals surface area contributed by atoms with E-state index in [1.807, 2.05) is 6.07 Å². The van der Waals surface area contributed by atoms with Gasteiger partial charge in [0.1, 0.15) is 5.75 Å². The van der Waals surface area contributed by atoms with E-state index in [-0.39, 0.29) is 12.7 Å². The Morgan fingerprint density at radius 1 is 1.38 bits per heavy atom. The Hall–Kier alpha value is -1.30. The van der Waals surface area contributed by atoms with Crippen molar-refractivity contribution in [2.45, 2.75) is 26.5 Å². The van der Waals surface area contributed by atoms with Crippen molar-refractivity contribution >= 4 is 17.6 Å². The number of carbonyl (C=O) groups excluding carboxylic acids is 1. The molecule has 6 heteroatoms. The van der Waals surface area contributed by atoms with Gasteiger partial charge in [-0.3, -0.25) is 0 Å². The second-order valence-electron chi connectivity index (χ2n) is 4.75. The van der Waals surface area contributed by atoms with Gasteiger partial charge in [0, 0.05) is 30.8 Å². The molecule has 0 unspecified atom stereocenters. The molecule has 0 saturated heterocycles. The monoisotopic (exact) mass is 315 g/mol. The third kappa shape index (κ3) is 7.32. The number of ether oxygens (including phenoxy) is 3. The maximum atomic E-state index is 11.5. The zero-order valence-corrected chi connectivity index (χ0v) is 13.4. The molecular weight excluding hydrogens is 294 g/mol. The highest BCUT2D eigenvalue weighted by atomic mass is 35.5. The van der Waals surface area contributed by atoms with Crippen molar-refractivity contribution < 1.29 is 19.0 Å². The fraction of sp³-hybridized carbons (Fsp3) is 0.533. The van der Waals surface area contributed by atoms with Crippen LogP contribution in [0.2, 0.25) is 5.02 Å². The molecule has 0 heterocycles. The van der Waals surface area contributed by atoms with Gasteiger partial charge in [0.05, 0.1) is 12.7 Å². The van der Waals surface area contributed by atoms with Crippen LogP contribution >= 0.6 is 11.6 Å². The third-order valence-corrected chi connectivity index (χ3v) is 2.77. The molecule has 0 fully saturated rings. The molecule has 1 aromatic rings. The summed E-state index contributed by atoms with van der Waals surface area (Å²) >= 11 is 5.99. The largest absolute Gasteiger partial charge is 0.482 e. The van der Waals surface area contributed by atoms with Gasteiger partial charge in [0.2, 0.25) is 0 Å². The van der Waals surface area contributed by atoms with E-state index in [0.717, 1.165) is 12.1 Å². The summed E-state index contributed by atoms with van der Waals surface area (Å²) in [5.41, 5.74) is 0.885. The van der Waals surface area contributed by atoms with Crippen LogP contribution in [0.5, 0.6) is 5.75 Å². The minimum Gasteiger partial charge on any atom is -0.482 e. The number of nitrogens with one attached hydrogen (secondary N) is 1. The summed E-state index contributed by atoms with van der Waals surface area (Å²) in [7, 11) is 1.65. The summed E-state index contributed by atoms with van der Waals surface area (Å²) in [6.45, 7) is 5.40. The first kappa shape index (κ1) is 17.8. The zero-order valence-electron chi connectivity index (χ0n) is 12.6.